The highest BCUT2D eigenvalue weighted by Crippen LogP contribution is 2.23. The van der Waals surface area contributed by atoms with Crippen molar-refractivity contribution >= 4 is 5.91 Å². The highest BCUT2D eigenvalue weighted by atomic mass is 16.3. The minimum atomic E-state index is -0.0833. The van der Waals surface area contributed by atoms with E-state index in [-0.39, 0.29) is 18.2 Å². The molecular weight excluding hydrogens is 252 g/mol. The van der Waals surface area contributed by atoms with E-state index >= 15 is 0 Å². The molecule has 0 saturated carbocycles. The molecule has 0 unspecified atom stereocenters. The average Bonchev–Trinajstić information content (AvgIpc) is 2.47. The number of amides is 1. The Morgan fingerprint density at radius 1 is 1.15 bits per heavy atom. The first-order chi connectivity index (χ1) is 9.60. The summed E-state index contributed by atoms with van der Waals surface area (Å²) in [5.41, 5.74) is 8.47. The van der Waals surface area contributed by atoms with E-state index < -0.39 is 0 Å². The second kappa shape index (κ2) is 6.21. The van der Waals surface area contributed by atoms with Crippen molar-refractivity contribution in [2.75, 3.05) is 13.6 Å². The van der Waals surface area contributed by atoms with Crippen LogP contribution in [0, 0.1) is 0 Å². The fourth-order valence-corrected chi connectivity index (χ4v) is 2.02. The lowest BCUT2D eigenvalue weighted by Crippen LogP contribution is -2.32. The second-order valence-electron chi connectivity index (χ2n) is 4.70. The Morgan fingerprint density at radius 3 is 2.50 bits per heavy atom. The van der Waals surface area contributed by atoms with Gasteiger partial charge in [0.2, 0.25) is 5.91 Å². The van der Waals surface area contributed by atoms with Crippen molar-refractivity contribution in [2.45, 2.75) is 6.54 Å². The highest BCUT2D eigenvalue weighted by Gasteiger charge is 2.07. The van der Waals surface area contributed by atoms with Crippen LogP contribution in [0.1, 0.15) is 5.56 Å². The number of rotatable bonds is 4. The molecule has 20 heavy (non-hydrogen) atoms. The second-order valence-corrected chi connectivity index (χ2v) is 4.70. The number of likely N-dealkylation sites (N-methyl/N-ethyl adjacent to an activating group) is 1. The molecule has 0 saturated heterocycles. The number of carbonyl (C=O) groups is 1. The van der Waals surface area contributed by atoms with Gasteiger partial charge in [0.1, 0.15) is 5.75 Å². The summed E-state index contributed by atoms with van der Waals surface area (Å²) in [4.78, 5) is 13.1. The quantitative estimate of drug-likeness (QED) is 0.892. The van der Waals surface area contributed by atoms with Crippen LogP contribution in [0.25, 0.3) is 11.1 Å². The van der Waals surface area contributed by atoms with Crippen molar-refractivity contribution in [1.82, 2.24) is 4.90 Å². The molecule has 4 heteroatoms. The van der Waals surface area contributed by atoms with Crippen molar-refractivity contribution in [3.63, 3.8) is 0 Å². The van der Waals surface area contributed by atoms with Gasteiger partial charge in [0.15, 0.2) is 0 Å². The minimum Gasteiger partial charge on any atom is -0.508 e. The van der Waals surface area contributed by atoms with Gasteiger partial charge in [-0.25, -0.2) is 0 Å². The zero-order chi connectivity index (χ0) is 14.5. The summed E-state index contributed by atoms with van der Waals surface area (Å²) in [5, 5.41) is 9.31. The van der Waals surface area contributed by atoms with Crippen LogP contribution >= 0.6 is 0 Å². The molecule has 0 atom stereocenters. The maximum atomic E-state index is 11.5. The van der Waals surface area contributed by atoms with E-state index in [1.165, 1.54) is 0 Å². The number of phenols is 1. The molecule has 0 aromatic heterocycles. The van der Waals surface area contributed by atoms with Crippen molar-refractivity contribution in [2.24, 2.45) is 5.73 Å². The van der Waals surface area contributed by atoms with Crippen molar-refractivity contribution in [3.05, 3.63) is 54.1 Å². The lowest BCUT2D eigenvalue weighted by molar-refractivity contribution is -0.128. The molecule has 2 aromatic carbocycles. The SMILES string of the molecule is CN(Cc1cccc(-c2ccc(O)cc2)c1)C(=O)CN. The highest BCUT2D eigenvalue weighted by molar-refractivity contribution is 5.77. The lowest BCUT2D eigenvalue weighted by atomic mass is 10.0. The largest absolute Gasteiger partial charge is 0.508 e. The summed E-state index contributed by atoms with van der Waals surface area (Å²) in [6.45, 7) is 0.552. The van der Waals surface area contributed by atoms with Gasteiger partial charge >= 0.3 is 0 Å². The van der Waals surface area contributed by atoms with Crippen LogP contribution in [-0.4, -0.2) is 29.5 Å². The smallest absolute Gasteiger partial charge is 0.236 e. The predicted molar refractivity (Wildman–Crippen MR) is 79.1 cm³/mol. The molecule has 0 aliphatic rings. The molecule has 0 spiro atoms. The van der Waals surface area contributed by atoms with Crippen LogP contribution in [0.4, 0.5) is 0 Å². The zero-order valence-electron chi connectivity index (χ0n) is 11.4. The number of aromatic hydroxyl groups is 1. The van der Waals surface area contributed by atoms with Crippen LogP contribution in [0.3, 0.4) is 0 Å². The Balaban J connectivity index is 2.20. The number of hydrogen-bond acceptors (Lipinski definition) is 3. The fraction of sp³-hybridized carbons (Fsp3) is 0.188. The maximum absolute atomic E-state index is 11.5. The third-order valence-corrected chi connectivity index (χ3v) is 3.15. The van der Waals surface area contributed by atoms with Crippen molar-refractivity contribution in [3.8, 4) is 16.9 Å². The minimum absolute atomic E-state index is 0.0220. The van der Waals surface area contributed by atoms with E-state index in [1.54, 1.807) is 24.1 Å². The van der Waals surface area contributed by atoms with Crippen LogP contribution in [0.5, 0.6) is 5.75 Å². The molecule has 2 aromatic rings. The van der Waals surface area contributed by atoms with E-state index in [0.717, 1.165) is 16.7 Å². The van der Waals surface area contributed by atoms with Gasteiger partial charge in [0.25, 0.3) is 0 Å². The predicted octanol–water partition coefficient (Wildman–Crippen LogP) is 1.98. The van der Waals surface area contributed by atoms with Gasteiger partial charge in [0.05, 0.1) is 6.54 Å². The van der Waals surface area contributed by atoms with Gasteiger partial charge in [-0.2, -0.15) is 0 Å². The first-order valence-corrected chi connectivity index (χ1v) is 6.42. The van der Waals surface area contributed by atoms with E-state index in [1.807, 2.05) is 36.4 Å². The zero-order valence-corrected chi connectivity index (χ0v) is 11.4. The molecule has 104 valence electrons. The average molecular weight is 270 g/mol. The third-order valence-electron chi connectivity index (χ3n) is 3.15. The van der Waals surface area contributed by atoms with Crippen LogP contribution in [0.2, 0.25) is 0 Å². The Bertz CT molecular complexity index is 594. The number of nitrogens with two attached hydrogens (primary N) is 1. The molecule has 0 radical (unpaired) electrons. The van der Waals surface area contributed by atoms with E-state index in [2.05, 4.69) is 0 Å². The van der Waals surface area contributed by atoms with Gasteiger partial charge in [-0.3, -0.25) is 4.79 Å². The number of phenolic OH excluding ortho intramolecular Hbond substituents is 1. The Labute approximate surface area is 118 Å². The molecule has 4 nitrogen and oxygen atoms in total. The number of nitrogens with zero attached hydrogens (tertiary/aromatic N) is 1. The maximum Gasteiger partial charge on any atom is 0.236 e. The van der Waals surface area contributed by atoms with Gasteiger partial charge < -0.3 is 15.7 Å². The lowest BCUT2D eigenvalue weighted by Gasteiger charge is -2.16. The summed E-state index contributed by atoms with van der Waals surface area (Å²) < 4.78 is 0. The number of hydrogen-bond donors (Lipinski definition) is 2. The summed E-state index contributed by atoms with van der Waals surface area (Å²) in [7, 11) is 1.74. The number of carbonyl (C=O) groups excluding carboxylic acids is 1. The summed E-state index contributed by atoms with van der Waals surface area (Å²) in [6.07, 6.45) is 0. The van der Waals surface area contributed by atoms with E-state index in [9.17, 15) is 9.90 Å². The molecule has 0 aliphatic heterocycles. The van der Waals surface area contributed by atoms with Crippen LogP contribution in [0.15, 0.2) is 48.5 Å². The Kier molecular flexibility index (Phi) is 4.38. The molecule has 0 bridgehead atoms. The molecule has 0 fully saturated rings. The van der Waals surface area contributed by atoms with Crippen LogP contribution < -0.4 is 5.73 Å². The monoisotopic (exact) mass is 270 g/mol. The summed E-state index contributed by atoms with van der Waals surface area (Å²) in [5.74, 6) is 0.165. The Morgan fingerprint density at radius 2 is 1.85 bits per heavy atom. The van der Waals surface area contributed by atoms with E-state index in [0.29, 0.717) is 6.54 Å². The molecule has 3 N–H and O–H groups in total. The summed E-state index contributed by atoms with van der Waals surface area (Å²) >= 11 is 0. The number of benzene rings is 2. The summed E-state index contributed by atoms with van der Waals surface area (Å²) in [6, 6.07) is 15.0. The van der Waals surface area contributed by atoms with Crippen LogP contribution in [-0.2, 0) is 11.3 Å². The van der Waals surface area contributed by atoms with Gasteiger partial charge in [0, 0.05) is 13.6 Å². The fourth-order valence-electron chi connectivity index (χ4n) is 2.02. The normalized spacial score (nSPS) is 10.3. The van der Waals surface area contributed by atoms with Crippen molar-refractivity contribution < 1.29 is 9.90 Å². The molecule has 0 heterocycles. The van der Waals surface area contributed by atoms with Crippen molar-refractivity contribution in [1.29, 1.82) is 0 Å². The Hall–Kier alpha value is -2.33. The first kappa shape index (κ1) is 14.1. The standard InChI is InChI=1S/C16H18N2O2/c1-18(16(20)10-17)11-12-3-2-4-14(9-12)13-5-7-15(19)8-6-13/h2-9,19H,10-11,17H2,1H3. The molecule has 1 amide bonds. The van der Waals surface area contributed by atoms with Gasteiger partial charge in [-0.1, -0.05) is 30.3 Å². The first-order valence-electron chi connectivity index (χ1n) is 6.42. The van der Waals surface area contributed by atoms with Gasteiger partial charge in [-0.05, 0) is 34.9 Å². The topological polar surface area (TPSA) is 66.6 Å². The molecular formula is C16H18N2O2. The van der Waals surface area contributed by atoms with E-state index in [4.69, 9.17) is 5.73 Å². The molecule has 0 aliphatic carbocycles. The third kappa shape index (κ3) is 3.36. The molecule has 2 rings (SSSR count). The van der Waals surface area contributed by atoms with Gasteiger partial charge in [-0.15, -0.1) is 0 Å².